The van der Waals surface area contributed by atoms with E-state index in [1.54, 1.807) is 18.4 Å². The second kappa shape index (κ2) is 9.65. The van der Waals surface area contributed by atoms with Crippen molar-refractivity contribution in [2.24, 2.45) is 11.3 Å². The summed E-state index contributed by atoms with van der Waals surface area (Å²) in [5, 5.41) is 2.03. The molecule has 6 heteroatoms. The number of benzene rings is 1. The highest BCUT2D eigenvalue weighted by atomic mass is 32.1. The van der Waals surface area contributed by atoms with Crippen LogP contribution in [0.3, 0.4) is 0 Å². The molecule has 0 aliphatic carbocycles. The van der Waals surface area contributed by atoms with Gasteiger partial charge in [-0.1, -0.05) is 45.0 Å². The van der Waals surface area contributed by atoms with Gasteiger partial charge in [0.05, 0.1) is 19.6 Å². The van der Waals surface area contributed by atoms with Crippen LogP contribution in [0.5, 0.6) is 5.75 Å². The maximum absolute atomic E-state index is 13.6. The van der Waals surface area contributed by atoms with E-state index in [2.05, 4.69) is 6.07 Å². The molecule has 1 aliphatic heterocycles. The van der Waals surface area contributed by atoms with Crippen molar-refractivity contribution in [3.63, 3.8) is 0 Å². The molecule has 1 fully saturated rings. The minimum absolute atomic E-state index is 0.112. The number of amides is 2. The maximum atomic E-state index is 13.6. The monoisotopic (exact) mass is 428 g/mol. The molecule has 1 aliphatic rings. The largest absolute Gasteiger partial charge is 0.496 e. The molecule has 2 amide bonds. The van der Waals surface area contributed by atoms with E-state index in [-0.39, 0.29) is 17.7 Å². The predicted molar refractivity (Wildman–Crippen MR) is 120 cm³/mol. The first-order chi connectivity index (χ1) is 14.3. The van der Waals surface area contributed by atoms with E-state index in [1.807, 2.05) is 66.3 Å². The van der Waals surface area contributed by atoms with Gasteiger partial charge in [0.1, 0.15) is 5.75 Å². The molecule has 2 heterocycles. The fourth-order valence-electron chi connectivity index (χ4n) is 3.94. The van der Waals surface area contributed by atoms with Crippen LogP contribution in [-0.2, 0) is 22.7 Å². The van der Waals surface area contributed by atoms with Crippen molar-refractivity contribution in [2.75, 3.05) is 20.2 Å². The second-order valence-corrected chi connectivity index (χ2v) is 9.96. The standard InChI is InChI=1S/C24H32N2O3S/c1-24(2,3)23(28)25-13-7-10-19(16-25)22(27)26(17-20-11-8-14-30-20)15-18-9-5-6-12-21(18)29-4/h5-6,8-9,11-12,14,19H,7,10,13,15-17H2,1-4H3. The first kappa shape index (κ1) is 22.3. The Kier molecular flexibility index (Phi) is 7.19. The third-order valence-electron chi connectivity index (χ3n) is 5.49. The molecule has 5 nitrogen and oxygen atoms in total. The summed E-state index contributed by atoms with van der Waals surface area (Å²) in [7, 11) is 1.65. The third kappa shape index (κ3) is 5.42. The summed E-state index contributed by atoms with van der Waals surface area (Å²) in [6.45, 7) is 8.10. The van der Waals surface area contributed by atoms with Crippen LogP contribution in [0, 0.1) is 11.3 Å². The Labute approximate surface area is 183 Å². The van der Waals surface area contributed by atoms with Gasteiger partial charge in [0, 0.05) is 35.5 Å². The molecule has 1 saturated heterocycles. The highest BCUT2D eigenvalue weighted by molar-refractivity contribution is 7.09. The van der Waals surface area contributed by atoms with Crippen molar-refractivity contribution in [2.45, 2.75) is 46.7 Å². The van der Waals surface area contributed by atoms with Crippen molar-refractivity contribution in [3.8, 4) is 5.75 Å². The van der Waals surface area contributed by atoms with Crippen LogP contribution in [0.4, 0.5) is 0 Å². The number of ether oxygens (including phenoxy) is 1. The van der Waals surface area contributed by atoms with Gasteiger partial charge in [0.25, 0.3) is 0 Å². The number of rotatable bonds is 6. The molecule has 0 bridgehead atoms. The Morgan fingerprint density at radius 3 is 2.60 bits per heavy atom. The zero-order valence-corrected chi connectivity index (χ0v) is 19.2. The van der Waals surface area contributed by atoms with Crippen molar-refractivity contribution in [3.05, 3.63) is 52.2 Å². The topological polar surface area (TPSA) is 49.9 Å². The average Bonchev–Trinajstić information content (AvgIpc) is 3.25. The lowest BCUT2D eigenvalue weighted by atomic mass is 9.90. The van der Waals surface area contributed by atoms with Crippen molar-refractivity contribution >= 4 is 23.2 Å². The lowest BCUT2D eigenvalue weighted by Crippen LogP contribution is -2.49. The molecule has 0 saturated carbocycles. The van der Waals surface area contributed by atoms with Gasteiger partial charge in [-0.3, -0.25) is 9.59 Å². The van der Waals surface area contributed by atoms with Crippen LogP contribution >= 0.6 is 11.3 Å². The van der Waals surface area contributed by atoms with Gasteiger partial charge in [0.15, 0.2) is 0 Å². The van der Waals surface area contributed by atoms with Crippen LogP contribution in [0.2, 0.25) is 0 Å². The Morgan fingerprint density at radius 2 is 1.93 bits per heavy atom. The Morgan fingerprint density at radius 1 is 1.17 bits per heavy atom. The number of carbonyl (C=O) groups is 2. The van der Waals surface area contributed by atoms with Gasteiger partial charge < -0.3 is 14.5 Å². The lowest BCUT2D eigenvalue weighted by Gasteiger charge is -2.37. The molecule has 1 aromatic carbocycles. The average molecular weight is 429 g/mol. The smallest absolute Gasteiger partial charge is 0.228 e. The first-order valence-electron chi connectivity index (χ1n) is 10.5. The number of nitrogens with zero attached hydrogens (tertiary/aromatic N) is 2. The summed E-state index contributed by atoms with van der Waals surface area (Å²) in [4.78, 5) is 31.3. The van der Waals surface area contributed by atoms with Gasteiger partial charge in [0.2, 0.25) is 11.8 Å². The molecule has 0 N–H and O–H groups in total. The number of hydrogen-bond acceptors (Lipinski definition) is 4. The zero-order valence-electron chi connectivity index (χ0n) is 18.4. The number of likely N-dealkylation sites (tertiary alicyclic amines) is 1. The summed E-state index contributed by atoms with van der Waals surface area (Å²) >= 11 is 1.65. The van der Waals surface area contributed by atoms with Gasteiger partial charge in [-0.05, 0) is 30.4 Å². The van der Waals surface area contributed by atoms with Crippen molar-refractivity contribution in [1.29, 1.82) is 0 Å². The molecule has 0 radical (unpaired) electrons. The van der Waals surface area contributed by atoms with Crippen molar-refractivity contribution < 1.29 is 14.3 Å². The highest BCUT2D eigenvalue weighted by Crippen LogP contribution is 2.27. The molecule has 1 unspecified atom stereocenters. The van der Waals surface area contributed by atoms with Gasteiger partial charge in [-0.25, -0.2) is 0 Å². The summed E-state index contributed by atoms with van der Waals surface area (Å²) in [5.74, 6) is 0.852. The molecule has 2 aromatic rings. The molecular weight excluding hydrogens is 396 g/mol. The van der Waals surface area contributed by atoms with E-state index in [0.717, 1.165) is 35.6 Å². The Balaban J connectivity index is 1.80. The third-order valence-corrected chi connectivity index (χ3v) is 6.35. The first-order valence-corrected chi connectivity index (χ1v) is 11.4. The molecule has 162 valence electrons. The predicted octanol–water partition coefficient (Wildman–Crippen LogP) is 4.57. The highest BCUT2D eigenvalue weighted by Gasteiger charge is 2.35. The minimum atomic E-state index is -0.432. The number of piperidine rings is 1. The van der Waals surface area contributed by atoms with E-state index in [1.165, 1.54) is 0 Å². The summed E-state index contributed by atoms with van der Waals surface area (Å²) in [6, 6.07) is 11.9. The lowest BCUT2D eigenvalue weighted by molar-refractivity contribution is -0.145. The number of thiophene rings is 1. The summed E-state index contributed by atoms with van der Waals surface area (Å²) in [6.07, 6.45) is 1.68. The number of carbonyl (C=O) groups excluding carboxylic acids is 2. The van der Waals surface area contributed by atoms with Gasteiger partial charge in [-0.2, -0.15) is 0 Å². The minimum Gasteiger partial charge on any atom is -0.496 e. The molecular formula is C24H32N2O3S. The SMILES string of the molecule is COc1ccccc1CN(Cc1cccs1)C(=O)C1CCCN(C(=O)C(C)(C)C)C1. The van der Waals surface area contributed by atoms with Crippen LogP contribution in [0.25, 0.3) is 0 Å². The molecule has 0 spiro atoms. The zero-order chi connectivity index (χ0) is 21.7. The van der Waals surface area contributed by atoms with E-state index in [0.29, 0.717) is 19.6 Å². The van der Waals surface area contributed by atoms with Gasteiger partial charge >= 0.3 is 0 Å². The van der Waals surface area contributed by atoms with E-state index >= 15 is 0 Å². The van der Waals surface area contributed by atoms with E-state index in [9.17, 15) is 9.59 Å². The van der Waals surface area contributed by atoms with Crippen molar-refractivity contribution in [1.82, 2.24) is 9.80 Å². The second-order valence-electron chi connectivity index (χ2n) is 8.93. The molecule has 1 atom stereocenters. The normalized spacial score (nSPS) is 16.9. The Hall–Kier alpha value is -2.34. The fraction of sp³-hybridized carbons (Fsp3) is 0.500. The van der Waals surface area contributed by atoms with Gasteiger partial charge in [-0.15, -0.1) is 11.3 Å². The van der Waals surface area contributed by atoms with E-state index in [4.69, 9.17) is 4.74 Å². The summed E-state index contributed by atoms with van der Waals surface area (Å²) < 4.78 is 5.50. The van der Waals surface area contributed by atoms with Crippen LogP contribution in [-0.4, -0.2) is 41.8 Å². The Bertz CT molecular complexity index is 858. The van der Waals surface area contributed by atoms with E-state index < -0.39 is 5.41 Å². The fourth-order valence-corrected chi connectivity index (χ4v) is 4.66. The van der Waals surface area contributed by atoms with Crippen LogP contribution in [0.1, 0.15) is 44.1 Å². The number of hydrogen-bond donors (Lipinski definition) is 0. The van der Waals surface area contributed by atoms with Crippen LogP contribution in [0.15, 0.2) is 41.8 Å². The molecule has 30 heavy (non-hydrogen) atoms. The number of para-hydroxylation sites is 1. The van der Waals surface area contributed by atoms with Crippen LogP contribution < -0.4 is 4.74 Å². The molecule has 3 rings (SSSR count). The quantitative estimate of drug-likeness (QED) is 0.677. The summed E-state index contributed by atoms with van der Waals surface area (Å²) in [5.41, 5.74) is 0.558. The maximum Gasteiger partial charge on any atom is 0.228 e. The molecule has 1 aromatic heterocycles. The number of methoxy groups -OCH3 is 1.